The lowest BCUT2D eigenvalue weighted by Crippen LogP contribution is -2.56. The van der Waals surface area contributed by atoms with E-state index in [-0.39, 0.29) is 11.7 Å². The van der Waals surface area contributed by atoms with Gasteiger partial charge in [-0.05, 0) is 32.0 Å². The van der Waals surface area contributed by atoms with E-state index >= 15 is 0 Å². The van der Waals surface area contributed by atoms with E-state index in [1.165, 1.54) is 12.1 Å². The van der Waals surface area contributed by atoms with Crippen molar-refractivity contribution in [3.8, 4) is 6.07 Å². The summed E-state index contributed by atoms with van der Waals surface area (Å²) in [5.74, 6) is -0.477. The highest BCUT2D eigenvalue weighted by molar-refractivity contribution is 5.90. The molecule has 1 amide bonds. The lowest BCUT2D eigenvalue weighted by molar-refractivity contribution is -0.116. The molecule has 5 nitrogen and oxygen atoms in total. The number of nitrogens with zero attached hydrogens (tertiary/aromatic N) is 3. The molecular weight excluding hydrogens is 295 g/mol. The van der Waals surface area contributed by atoms with Crippen molar-refractivity contribution in [3.63, 3.8) is 0 Å². The molecule has 1 fully saturated rings. The number of carbonyl (C=O) groups is 1. The largest absolute Gasteiger partial charge is 0.326 e. The van der Waals surface area contributed by atoms with Crippen LogP contribution in [0.3, 0.4) is 0 Å². The molecule has 23 heavy (non-hydrogen) atoms. The van der Waals surface area contributed by atoms with Crippen LogP contribution in [0.4, 0.5) is 10.1 Å². The second-order valence-electron chi connectivity index (χ2n) is 6.10. The van der Waals surface area contributed by atoms with Crippen molar-refractivity contribution in [3.05, 3.63) is 30.1 Å². The summed E-state index contributed by atoms with van der Waals surface area (Å²) >= 11 is 0. The molecule has 1 aliphatic rings. The van der Waals surface area contributed by atoms with Crippen molar-refractivity contribution in [2.45, 2.75) is 32.4 Å². The lowest BCUT2D eigenvalue weighted by atomic mass is 10.1. The van der Waals surface area contributed by atoms with Gasteiger partial charge in [-0.1, -0.05) is 6.07 Å². The summed E-state index contributed by atoms with van der Waals surface area (Å²) in [5, 5.41) is 11.6. The molecule has 0 radical (unpaired) electrons. The number of piperazine rings is 1. The third-order valence-corrected chi connectivity index (χ3v) is 4.19. The molecule has 0 spiro atoms. The van der Waals surface area contributed by atoms with E-state index in [4.69, 9.17) is 5.26 Å². The minimum atomic E-state index is -0.362. The lowest BCUT2D eigenvalue weighted by Gasteiger charge is -2.43. The first-order chi connectivity index (χ1) is 11.0. The maximum Gasteiger partial charge on any atom is 0.225 e. The molecule has 6 heteroatoms. The first-order valence-corrected chi connectivity index (χ1v) is 7.90. The summed E-state index contributed by atoms with van der Waals surface area (Å²) in [4.78, 5) is 16.4. The van der Waals surface area contributed by atoms with E-state index in [2.05, 4.69) is 35.0 Å². The molecule has 1 heterocycles. The molecule has 124 valence electrons. The van der Waals surface area contributed by atoms with Crippen LogP contribution in [0, 0.1) is 17.1 Å². The fourth-order valence-electron chi connectivity index (χ4n) is 3.09. The predicted molar refractivity (Wildman–Crippen MR) is 87.3 cm³/mol. The number of benzene rings is 1. The molecular formula is C17H23FN4O. The Labute approximate surface area is 136 Å². The van der Waals surface area contributed by atoms with Gasteiger partial charge in [0.1, 0.15) is 5.82 Å². The fraction of sp³-hybridized carbons (Fsp3) is 0.529. The zero-order valence-electron chi connectivity index (χ0n) is 13.6. The zero-order valence-corrected chi connectivity index (χ0v) is 13.6. The average Bonchev–Trinajstić information content (AvgIpc) is 2.49. The first kappa shape index (κ1) is 17.4. The van der Waals surface area contributed by atoms with Crippen LogP contribution >= 0.6 is 0 Å². The van der Waals surface area contributed by atoms with Crippen molar-refractivity contribution in [1.29, 1.82) is 5.26 Å². The number of amides is 1. The maximum atomic E-state index is 13.1. The molecule has 0 saturated carbocycles. The van der Waals surface area contributed by atoms with Gasteiger partial charge >= 0.3 is 0 Å². The van der Waals surface area contributed by atoms with E-state index in [1.807, 2.05) is 0 Å². The third kappa shape index (κ3) is 5.02. The average molecular weight is 318 g/mol. The quantitative estimate of drug-likeness (QED) is 0.845. The normalized spacial score (nSPS) is 22.5. The van der Waals surface area contributed by atoms with Crippen LogP contribution in [0.2, 0.25) is 0 Å². The van der Waals surface area contributed by atoms with Gasteiger partial charge in [-0.15, -0.1) is 0 Å². The minimum absolute atomic E-state index is 0.115. The number of carbonyl (C=O) groups excluding carboxylic acids is 1. The molecule has 0 aromatic heterocycles. The SMILES string of the molecule is CC1CN(CCC(=O)Nc2cccc(F)c2)CC(C)N1CC#N. The summed E-state index contributed by atoms with van der Waals surface area (Å²) in [7, 11) is 0. The Kier molecular flexibility index (Phi) is 6.08. The number of hydrogen-bond donors (Lipinski definition) is 1. The van der Waals surface area contributed by atoms with Gasteiger partial charge < -0.3 is 5.32 Å². The van der Waals surface area contributed by atoms with Gasteiger partial charge in [0.25, 0.3) is 0 Å². The van der Waals surface area contributed by atoms with Crippen LogP contribution in [0.5, 0.6) is 0 Å². The second kappa shape index (κ2) is 8.04. The Bertz CT molecular complexity index is 574. The summed E-state index contributed by atoms with van der Waals surface area (Å²) in [6, 6.07) is 8.70. The Morgan fingerprint density at radius 3 is 2.70 bits per heavy atom. The summed E-state index contributed by atoms with van der Waals surface area (Å²) < 4.78 is 13.1. The van der Waals surface area contributed by atoms with Gasteiger partial charge in [0.2, 0.25) is 5.91 Å². The number of nitrogens with one attached hydrogen (secondary N) is 1. The monoisotopic (exact) mass is 318 g/mol. The van der Waals surface area contributed by atoms with Crippen molar-refractivity contribution >= 4 is 11.6 Å². The Morgan fingerprint density at radius 2 is 2.09 bits per heavy atom. The van der Waals surface area contributed by atoms with Crippen molar-refractivity contribution in [1.82, 2.24) is 9.80 Å². The summed E-state index contributed by atoms with van der Waals surface area (Å²) in [5.41, 5.74) is 0.482. The molecule has 1 aromatic rings. The first-order valence-electron chi connectivity index (χ1n) is 7.90. The van der Waals surface area contributed by atoms with Gasteiger partial charge in [0.05, 0.1) is 12.6 Å². The number of rotatable bonds is 5. The Morgan fingerprint density at radius 1 is 1.39 bits per heavy atom. The number of nitriles is 1. The minimum Gasteiger partial charge on any atom is -0.326 e. The zero-order chi connectivity index (χ0) is 16.8. The number of anilines is 1. The topological polar surface area (TPSA) is 59.4 Å². The molecule has 0 aliphatic carbocycles. The highest BCUT2D eigenvalue weighted by Gasteiger charge is 2.28. The molecule has 2 unspecified atom stereocenters. The van der Waals surface area contributed by atoms with E-state index in [1.54, 1.807) is 12.1 Å². The van der Waals surface area contributed by atoms with Crippen LogP contribution in [0.1, 0.15) is 20.3 Å². The number of halogens is 1. The summed E-state index contributed by atoms with van der Waals surface area (Å²) in [6.07, 6.45) is 0.369. The number of hydrogen-bond acceptors (Lipinski definition) is 4. The molecule has 1 saturated heterocycles. The standard InChI is InChI=1S/C17H23FN4O/c1-13-11-21(12-14(2)22(13)9-7-19)8-6-17(23)20-16-5-3-4-15(18)10-16/h3-5,10,13-14H,6,8-9,11-12H2,1-2H3,(H,20,23). The fourth-order valence-corrected chi connectivity index (χ4v) is 3.09. The van der Waals surface area contributed by atoms with Crippen LogP contribution in [0.15, 0.2) is 24.3 Å². The van der Waals surface area contributed by atoms with Crippen LogP contribution in [0.25, 0.3) is 0 Å². The van der Waals surface area contributed by atoms with Crippen molar-refractivity contribution < 1.29 is 9.18 Å². The Balaban J connectivity index is 1.80. The molecule has 1 aromatic carbocycles. The molecule has 1 aliphatic heterocycles. The maximum absolute atomic E-state index is 13.1. The molecule has 1 N–H and O–H groups in total. The molecule has 2 atom stereocenters. The predicted octanol–water partition coefficient (Wildman–Crippen LogP) is 2.07. The van der Waals surface area contributed by atoms with E-state index in [0.29, 0.717) is 37.3 Å². The van der Waals surface area contributed by atoms with Crippen molar-refractivity contribution in [2.75, 3.05) is 31.5 Å². The van der Waals surface area contributed by atoms with Gasteiger partial charge in [-0.2, -0.15) is 5.26 Å². The van der Waals surface area contributed by atoms with Gasteiger partial charge in [0.15, 0.2) is 0 Å². The van der Waals surface area contributed by atoms with Crippen LogP contribution in [-0.2, 0) is 4.79 Å². The third-order valence-electron chi connectivity index (χ3n) is 4.19. The smallest absolute Gasteiger partial charge is 0.225 e. The summed E-state index contributed by atoms with van der Waals surface area (Å²) in [6.45, 7) is 7.00. The van der Waals surface area contributed by atoms with E-state index in [9.17, 15) is 9.18 Å². The second-order valence-corrected chi connectivity index (χ2v) is 6.10. The van der Waals surface area contributed by atoms with E-state index < -0.39 is 0 Å². The van der Waals surface area contributed by atoms with Gasteiger partial charge in [-0.3, -0.25) is 14.6 Å². The van der Waals surface area contributed by atoms with Crippen molar-refractivity contribution in [2.24, 2.45) is 0 Å². The van der Waals surface area contributed by atoms with Crippen LogP contribution < -0.4 is 5.32 Å². The molecule has 2 rings (SSSR count). The highest BCUT2D eigenvalue weighted by Crippen LogP contribution is 2.15. The van der Waals surface area contributed by atoms with Gasteiger partial charge in [0, 0.05) is 43.8 Å². The Hall–Kier alpha value is -1.97. The highest BCUT2D eigenvalue weighted by atomic mass is 19.1. The van der Waals surface area contributed by atoms with E-state index in [0.717, 1.165) is 13.1 Å². The van der Waals surface area contributed by atoms with Crippen LogP contribution in [-0.4, -0.2) is 54.0 Å². The van der Waals surface area contributed by atoms with Gasteiger partial charge in [-0.25, -0.2) is 4.39 Å². The molecule has 0 bridgehead atoms.